The zero-order valence-corrected chi connectivity index (χ0v) is 7.16. The van der Waals surface area contributed by atoms with Gasteiger partial charge in [0, 0.05) is 6.20 Å². The maximum Gasteiger partial charge on any atom is 0.256 e. The fraction of sp³-hybridized carbons (Fsp3) is 0.444. The van der Waals surface area contributed by atoms with Gasteiger partial charge in [0.2, 0.25) is 0 Å². The van der Waals surface area contributed by atoms with Crippen LogP contribution in [0.5, 0.6) is 11.6 Å². The lowest BCUT2D eigenvalue weighted by atomic mass is 10.4. The van der Waals surface area contributed by atoms with E-state index in [-0.39, 0.29) is 5.75 Å². The molecule has 0 saturated carbocycles. The van der Waals surface area contributed by atoms with Crippen molar-refractivity contribution in [1.82, 2.24) is 4.98 Å². The number of rotatable bonds is 4. The van der Waals surface area contributed by atoms with Gasteiger partial charge in [-0.1, -0.05) is 13.3 Å². The molecule has 0 unspecified atom stereocenters. The Balaban J connectivity index is 2.46. The molecule has 1 heterocycles. The van der Waals surface area contributed by atoms with E-state index in [4.69, 9.17) is 4.74 Å². The molecule has 0 aromatic carbocycles. The van der Waals surface area contributed by atoms with Crippen molar-refractivity contribution in [3.63, 3.8) is 0 Å². The van der Waals surface area contributed by atoms with Gasteiger partial charge in [-0.05, 0) is 18.6 Å². The van der Waals surface area contributed by atoms with Gasteiger partial charge in [-0.2, -0.15) is 0 Å². The van der Waals surface area contributed by atoms with Gasteiger partial charge in [0.25, 0.3) is 5.88 Å². The summed E-state index contributed by atoms with van der Waals surface area (Å²) in [5, 5.41) is 9.22. The predicted molar refractivity (Wildman–Crippen MR) is 46.3 cm³/mol. The van der Waals surface area contributed by atoms with Crippen LogP contribution in [0.3, 0.4) is 0 Å². The molecule has 1 aromatic rings. The Kier molecular flexibility index (Phi) is 3.38. The molecule has 0 aliphatic carbocycles. The molecule has 0 saturated heterocycles. The number of pyridine rings is 1. The molecule has 0 radical (unpaired) electrons. The molecule has 1 aromatic heterocycles. The second-order valence-electron chi connectivity index (χ2n) is 2.53. The Labute approximate surface area is 72.0 Å². The van der Waals surface area contributed by atoms with E-state index in [2.05, 4.69) is 11.9 Å². The van der Waals surface area contributed by atoms with Crippen molar-refractivity contribution in [2.75, 3.05) is 6.61 Å². The van der Waals surface area contributed by atoms with E-state index in [1.165, 1.54) is 0 Å². The van der Waals surface area contributed by atoms with Crippen LogP contribution in [0, 0.1) is 0 Å². The minimum absolute atomic E-state index is 0.105. The highest BCUT2D eigenvalue weighted by Gasteiger charge is 2.00. The summed E-state index contributed by atoms with van der Waals surface area (Å²) >= 11 is 0. The van der Waals surface area contributed by atoms with Gasteiger partial charge in [0.05, 0.1) is 6.61 Å². The zero-order chi connectivity index (χ0) is 8.81. The average molecular weight is 167 g/mol. The summed E-state index contributed by atoms with van der Waals surface area (Å²) in [5.74, 6) is 0.430. The van der Waals surface area contributed by atoms with Crippen LogP contribution in [-0.4, -0.2) is 16.7 Å². The first kappa shape index (κ1) is 8.84. The van der Waals surface area contributed by atoms with Crippen LogP contribution in [0.15, 0.2) is 18.3 Å². The Morgan fingerprint density at radius 2 is 2.42 bits per heavy atom. The topological polar surface area (TPSA) is 42.4 Å². The standard InChI is InChI=1S/C9H13NO2/c1-2-3-7-12-9-8(11)5-4-6-10-9/h4-6,11H,2-3,7H2,1H3. The molecule has 0 atom stereocenters. The highest BCUT2D eigenvalue weighted by Crippen LogP contribution is 2.20. The predicted octanol–water partition coefficient (Wildman–Crippen LogP) is 1.97. The first-order chi connectivity index (χ1) is 5.84. The Bertz CT molecular complexity index is 238. The number of hydrogen-bond donors (Lipinski definition) is 1. The van der Waals surface area contributed by atoms with Crippen LogP contribution in [0.2, 0.25) is 0 Å². The van der Waals surface area contributed by atoms with Gasteiger partial charge < -0.3 is 9.84 Å². The molecule has 66 valence electrons. The highest BCUT2D eigenvalue weighted by molar-refractivity contribution is 5.30. The molecular formula is C9H13NO2. The molecule has 0 spiro atoms. The fourth-order valence-electron chi connectivity index (χ4n) is 0.807. The smallest absolute Gasteiger partial charge is 0.256 e. The minimum Gasteiger partial charge on any atom is -0.503 e. The van der Waals surface area contributed by atoms with E-state index in [1.807, 2.05) is 0 Å². The number of aromatic hydroxyl groups is 1. The van der Waals surface area contributed by atoms with Gasteiger partial charge in [0.15, 0.2) is 5.75 Å². The fourth-order valence-corrected chi connectivity index (χ4v) is 0.807. The molecule has 0 amide bonds. The van der Waals surface area contributed by atoms with E-state index in [1.54, 1.807) is 18.3 Å². The van der Waals surface area contributed by atoms with Gasteiger partial charge >= 0.3 is 0 Å². The van der Waals surface area contributed by atoms with Crippen LogP contribution in [0.4, 0.5) is 0 Å². The van der Waals surface area contributed by atoms with E-state index in [0.29, 0.717) is 12.5 Å². The largest absolute Gasteiger partial charge is 0.503 e. The number of nitrogens with zero attached hydrogens (tertiary/aromatic N) is 1. The van der Waals surface area contributed by atoms with Crippen LogP contribution in [0.25, 0.3) is 0 Å². The molecule has 3 nitrogen and oxygen atoms in total. The third-order valence-electron chi connectivity index (χ3n) is 1.49. The van der Waals surface area contributed by atoms with Crippen molar-refractivity contribution in [1.29, 1.82) is 0 Å². The summed E-state index contributed by atoms with van der Waals surface area (Å²) in [5.41, 5.74) is 0. The van der Waals surface area contributed by atoms with Crippen LogP contribution < -0.4 is 4.74 Å². The second-order valence-corrected chi connectivity index (χ2v) is 2.53. The van der Waals surface area contributed by atoms with Crippen LogP contribution in [-0.2, 0) is 0 Å². The van der Waals surface area contributed by atoms with E-state index >= 15 is 0 Å². The Morgan fingerprint density at radius 3 is 3.08 bits per heavy atom. The second kappa shape index (κ2) is 4.59. The summed E-state index contributed by atoms with van der Waals surface area (Å²) in [6.45, 7) is 2.70. The summed E-state index contributed by atoms with van der Waals surface area (Å²) in [6, 6.07) is 3.23. The van der Waals surface area contributed by atoms with Gasteiger partial charge in [-0.25, -0.2) is 4.98 Å². The molecule has 0 aliphatic heterocycles. The third kappa shape index (κ3) is 2.42. The third-order valence-corrected chi connectivity index (χ3v) is 1.49. The molecule has 12 heavy (non-hydrogen) atoms. The number of unbranched alkanes of at least 4 members (excludes halogenated alkanes) is 1. The lowest BCUT2D eigenvalue weighted by molar-refractivity contribution is 0.281. The normalized spacial score (nSPS) is 9.75. The van der Waals surface area contributed by atoms with Crippen LogP contribution in [0.1, 0.15) is 19.8 Å². The number of ether oxygens (including phenoxy) is 1. The molecule has 0 bridgehead atoms. The summed E-state index contributed by atoms with van der Waals surface area (Å²) in [7, 11) is 0. The molecular weight excluding hydrogens is 154 g/mol. The molecule has 0 aliphatic rings. The van der Waals surface area contributed by atoms with Crippen molar-refractivity contribution < 1.29 is 9.84 Å². The van der Waals surface area contributed by atoms with Gasteiger partial charge in [-0.3, -0.25) is 0 Å². The van der Waals surface area contributed by atoms with E-state index < -0.39 is 0 Å². The van der Waals surface area contributed by atoms with Crippen LogP contribution >= 0.6 is 0 Å². The lowest BCUT2D eigenvalue weighted by Crippen LogP contribution is -1.98. The van der Waals surface area contributed by atoms with Crippen molar-refractivity contribution in [2.45, 2.75) is 19.8 Å². The SMILES string of the molecule is CCCCOc1ncccc1O. The van der Waals surface area contributed by atoms with Crippen molar-refractivity contribution >= 4 is 0 Å². The molecule has 3 heteroatoms. The Morgan fingerprint density at radius 1 is 1.58 bits per heavy atom. The monoisotopic (exact) mass is 167 g/mol. The maximum atomic E-state index is 9.22. The van der Waals surface area contributed by atoms with Gasteiger partial charge in [0.1, 0.15) is 0 Å². The summed E-state index contributed by atoms with van der Waals surface area (Å²) < 4.78 is 5.22. The highest BCUT2D eigenvalue weighted by atomic mass is 16.5. The van der Waals surface area contributed by atoms with E-state index in [0.717, 1.165) is 12.8 Å². The molecule has 1 rings (SSSR count). The van der Waals surface area contributed by atoms with Crippen molar-refractivity contribution in [3.8, 4) is 11.6 Å². The quantitative estimate of drug-likeness (QED) is 0.697. The number of aromatic nitrogens is 1. The van der Waals surface area contributed by atoms with Gasteiger partial charge in [-0.15, -0.1) is 0 Å². The molecule has 0 fully saturated rings. The van der Waals surface area contributed by atoms with Crippen molar-refractivity contribution in [2.24, 2.45) is 0 Å². The first-order valence-corrected chi connectivity index (χ1v) is 4.11. The first-order valence-electron chi connectivity index (χ1n) is 4.11. The van der Waals surface area contributed by atoms with Crippen molar-refractivity contribution in [3.05, 3.63) is 18.3 Å². The average Bonchev–Trinajstić information content (AvgIpc) is 2.09. The lowest BCUT2D eigenvalue weighted by Gasteiger charge is -2.04. The summed E-state index contributed by atoms with van der Waals surface area (Å²) in [4.78, 5) is 3.88. The Hall–Kier alpha value is -1.25. The van der Waals surface area contributed by atoms with E-state index in [9.17, 15) is 5.11 Å². The number of hydrogen-bond acceptors (Lipinski definition) is 3. The maximum absolute atomic E-state index is 9.22. The minimum atomic E-state index is 0.105. The zero-order valence-electron chi connectivity index (χ0n) is 7.16. The summed E-state index contributed by atoms with van der Waals surface area (Å²) in [6.07, 6.45) is 3.66. The molecule has 1 N–H and O–H groups in total.